The number of carbonyl (C=O) groups excluding carboxylic acids is 1. The van der Waals surface area contributed by atoms with Gasteiger partial charge in [0, 0.05) is 24.7 Å². The van der Waals surface area contributed by atoms with Crippen LogP contribution in [0.5, 0.6) is 17.2 Å². The Bertz CT molecular complexity index is 796. The first-order chi connectivity index (χ1) is 13.1. The second-order valence-electron chi connectivity index (χ2n) is 5.80. The molecule has 2 aromatic rings. The van der Waals surface area contributed by atoms with E-state index in [1.165, 1.54) is 6.08 Å². The molecule has 0 aromatic heterocycles. The molecule has 0 saturated carbocycles. The molecule has 0 spiro atoms. The van der Waals surface area contributed by atoms with Gasteiger partial charge in [-0.1, -0.05) is 18.2 Å². The fraction of sp³-hybridized carbons (Fsp3) is 0.227. The maximum atomic E-state index is 12.7. The highest BCUT2D eigenvalue weighted by Crippen LogP contribution is 2.25. The summed E-state index contributed by atoms with van der Waals surface area (Å²) in [6.45, 7) is 4.68. The Balaban J connectivity index is 2.16. The van der Waals surface area contributed by atoms with Crippen molar-refractivity contribution in [2.75, 3.05) is 27.9 Å². The first-order valence-corrected chi connectivity index (χ1v) is 8.54. The molecule has 0 aliphatic carbocycles. The number of hydrogen-bond donors (Lipinski definition) is 0. The third-order valence-electron chi connectivity index (χ3n) is 4.04. The van der Waals surface area contributed by atoms with Crippen LogP contribution in [0.1, 0.15) is 11.1 Å². The zero-order valence-corrected chi connectivity index (χ0v) is 16.0. The standard InChI is InChI=1S/C22H25NO4/c1-5-14-23(16-17-6-9-19(25-2)10-7-17)22(24)13-8-18-15-20(26-3)11-12-21(18)27-4/h5-13,15H,1,14,16H2,2-4H3. The van der Waals surface area contributed by atoms with E-state index in [9.17, 15) is 4.79 Å². The van der Waals surface area contributed by atoms with E-state index in [4.69, 9.17) is 14.2 Å². The summed E-state index contributed by atoms with van der Waals surface area (Å²) < 4.78 is 15.7. The minimum atomic E-state index is -0.115. The summed E-state index contributed by atoms with van der Waals surface area (Å²) in [5, 5.41) is 0. The number of methoxy groups -OCH3 is 3. The van der Waals surface area contributed by atoms with E-state index in [0.717, 1.165) is 16.9 Å². The van der Waals surface area contributed by atoms with Crippen LogP contribution in [-0.2, 0) is 11.3 Å². The first kappa shape index (κ1) is 20.1. The summed E-state index contributed by atoms with van der Waals surface area (Å²) in [4.78, 5) is 14.4. The summed E-state index contributed by atoms with van der Waals surface area (Å²) in [7, 11) is 4.82. The smallest absolute Gasteiger partial charge is 0.247 e. The highest BCUT2D eigenvalue weighted by Gasteiger charge is 2.11. The van der Waals surface area contributed by atoms with Crippen molar-refractivity contribution in [2.45, 2.75) is 6.54 Å². The largest absolute Gasteiger partial charge is 0.497 e. The van der Waals surface area contributed by atoms with Crippen LogP contribution in [0.2, 0.25) is 0 Å². The minimum absolute atomic E-state index is 0.115. The highest BCUT2D eigenvalue weighted by molar-refractivity contribution is 5.92. The van der Waals surface area contributed by atoms with Gasteiger partial charge in [-0.05, 0) is 42.0 Å². The van der Waals surface area contributed by atoms with Crippen molar-refractivity contribution in [1.29, 1.82) is 0 Å². The molecule has 142 valence electrons. The van der Waals surface area contributed by atoms with Gasteiger partial charge in [0.05, 0.1) is 21.3 Å². The fourth-order valence-corrected chi connectivity index (χ4v) is 2.58. The van der Waals surface area contributed by atoms with Gasteiger partial charge in [-0.3, -0.25) is 4.79 Å². The van der Waals surface area contributed by atoms with Crippen molar-refractivity contribution in [1.82, 2.24) is 4.90 Å². The number of carbonyl (C=O) groups is 1. The molecule has 0 N–H and O–H groups in total. The number of benzene rings is 2. The Kier molecular flexibility index (Phi) is 7.49. The van der Waals surface area contributed by atoms with Crippen LogP contribution in [0.4, 0.5) is 0 Å². The van der Waals surface area contributed by atoms with Crippen molar-refractivity contribution >= 4 is 12.0 Å². The molecule has 0 radical (unpaired) electrons. The zero-order valence-electron chi connectivity index (χ0n) is 16.0. The number of nitrogens with zero attached hydrogens (tertiary/aromatic N) is 1. The number of hydrogen-bond acceptors (Lipinski definition) is 4. The lowest BCUT2D eigenvalue weighted by atomic mass is 10.1. The van der Waals surface area contributed by atoms with Crippen LogP contribution in [0.3, 0.4) is 0 Å². The normalized spacial score (nSPS) is 10.5. The molecule has 0 atom stereocenters. The molecule has 2 rings (SSSR count). The van der Waals surface area contributed by atoms with Gasteiger partial charge in [-0.2, -0.15) is 0 Å². The van der Waals surface area contributed by atoms with E-state index >= 15 is 0 Å². The van der Waals surface area contributed by atoms with Crippen LogP contribution >= 0.6 is 0 Å². The SMILES string of the molecule is C=CCN(Cc1ccc(OC)cc1)C(=O)C=Cc1cc(OC)ccc1OC. The van der Waals surface area contributed by atoms with Crippen molar-refractivity contribution in [2.24, 2.45) is 0 Å². The van der Waals surface area contributed by atoms with Crippen LogP contribution in [0, 0.1) is 0 Å². The summed E-state index contributed by atoms with van der Waals surface area (Å²) in [6.07, 6.45) is 4.97. The fourth-order valence-electron chi connectivity index (χ4n) is 2.58. The van der Waals surface area contributed by atoms with Crippen molar-refractivity contribution in [3.63, 3.8) is 0 Å². The maximum absolute atomic E-state index is 12.7. The molecule has 5 nitrogen and oxygen atoms in total. The van der Waals surface area contributed by atoms with Crippen LogP contribution in [-0.4, -0.2) is 38.7 Å². The van der Waals surface area contributed by atoms with Gasteiger partial charge in [0.1, 0.15) is 17.2 Å². The average molecular weight is 367 g/mol. The lowest BCUT2D eigenvalue weighted by Gasteiger charge is -2.20. The van der Waals surface area contributed by atoms with Gasteiger partial charge < -0.3 is 19.1 Å². The van der Waals surface area contributed by atoms with E-state index in [2.05, 4.69) is 6.58 Å². The third-order valence-corrected chi connectivity index (χ3v) is 4.04. The molecular formula is C22H25NO4. The molecule has 0 aliphatic heterocycles. The van der Waals surface area contributed by atoms with Crippen LogP contribution in [0.25, 0.3) is 6.08 Å². The zero-order chi connectivity index (χ0) is 19.6. The Labute approximate surface area is 160 Å². The Hall–Kier alpha value is -3.21. The van der Waals surface area contributed by atoms with E-state index < -0.39 is 0 Å². The molecule has 5 heteroatoms. The second kappa shape index (κ2) is 10.1. The van der Waals surface area contributed by atoms with E-state index in [1.807, 2.05) is 42.5 Å². The first-order valence-electron chi connectivity index (χ1n) is 8.54. The number of amides is 1. The molecule has 0 aliphatic rings. The molecule has 0 bridgehead atoms. The van der Waals surface area contributed by atoms with Gasteiger partial charge in [0.2, 0.25) is 5.91 Å². The highest BCUT2D eigenvalue weighted by atomic mass is 16.5. The van der Waals surface area contributed by atoms with Gasteiger partial charge in [0.25, 0.3) is 0 Å². The molecule has 2 aromatic carbocycles. The van der Waals surface area contributed by atoms with Gasteiger partial charge in [-0.15, -0.1) is 6.58 Å². The monoisotopic (exact) mass is 367 g/mol. The predicted octanol–water partition coefficient (Wildman–Crippen LogP) is 3.94. The molecule has 0 heterocycles. The molecule has 27 heavy (non-hydrogen) atoms. The molecular weight excluding hydrogens is 342 g/mol. The molecule has 1 amide bonds. The van der Waals surface area contributed by atoms with E-state index in [-0.39, 0.29) is 5.91 Å². The lowest BCUT2D eigenvalue weighted by molar-refractivity contribution is -0.126. The van der Waals surface area contributed by atoms with Crippen LogP contribution < -0.4 is 14.2 Å². The summed E-state index contributed by atoms with van der Waals surface area (Å²) in [5.74, 6) is 2.04. The Morgan fingerprint density at radius 1 is 1.00 bits per heavy atom. The quantitative estimate of drug-likeness (QED) is 0.498. The van der Waals surface area contributed by atoms with Crippen molar-refractivity contribution < 1.29 is 19.0 Å². The molecule has 0 unspecified atom stereocenters. The van der Waals surface area contributed by atoms with Crippen molar-refractivity contribution in [3.05, 3.63) is 72.3 Å². The Morgan fingerprint density at radius 3 is 2.26 bits per heavy atom. The van der Waals surface area contributed by atoms with Crippen molar-refractivity contribution in [3.8, 4) is 17.2 Å². The van der Waals surface area contributed by atoms with E-state index in [0.29, 0.717) is 24.6 Å². The number of rotatable bonds is 9. The van der Waals surface area contributed by atoms with E-state index in [1.54, 1.807) is 38.4 Å². The average Bonchev–Trinajstić information content (AvgIpc) is 2.71. The maximum Gasteiger partial charge on any atom is 0.247 e. The van der Waals surface area contributed by atoms with Gasteiger partial charge in [-0.25, -0.2) is 0 Å². The van der Waals surface area contributed by atoms with Gasteiger partial charge >= 0.3 is 0 Å². The summed E-state index contributed by atoms with van der Waals surface area (Å²) in [6, 6.07) is 13.1. The van der Waals surface area contributed by atoms with Crippen LogP contribution in [0.15, 0.2) is 61.2 Å². The summed E-state index contributed by atoms with van der Waals surface area (Å²) in [5.41, 5.74) is 1.78. The third kappa shape index (κ3) is 5.64. The summed E-state index contributed by atoms with van der Waals surface area (Å²) >= 11 is 0. The lowest BCUT2D eigenvalue weighted by Crippen LogP contribution is -2.29. The second-order valence-corrected chi connectivity index (χ2v) is 5.80. The molecule has 0 fully saturated rings. The number of ether oxygens (including phenoxy) is 3. The Morgan fingerprint density at radius 2 is 1.67 bits per heavy atom. The van der Waals surface area contributed by atoms with Gasteiger partial charge in [0.15, 0.2) is 0 Å². The minimum Gasteiger partial charge on any atom is -0.497 e. The predicted molar refractivity (Wildman–Crippen MR) is 107 cm³/mol. The topological polar surface area (TPSA) is 48.0 Å². The molecule has 0 saturated heterocycles.